The number of hydrogen-bond acceptors (Lipinski definition) is 2. The molecule has 0 fully saturated rings. The van der Waals surface area contributed by atoms with Crippen molar-refractivity contribution in [2.45, 2.75) is 6.61 Å². The van der Waals surface area contributed by atoms with E-state index in [0.29, 0.717) is 17.2 Å². The molecule has 4 heteroatoms. The highest BCUT2D eigenvalue weighted by molar-refractivity contribution is 6.36. The molecule has 1 heterocycles. The number of hydrogen-bond donors (Lipinski definition) is 1. The van der Waals surface area contributed by atoms with Gasteiger partial charge in [0.05, 0.1) is 0 Å². The van der Waals surface area contributed by atoms with Gasteiger partial charge in [-0.1, -0.05) is 54.1 Å². The third-order valence-electron chi connectivity index (χ3n) is 4.20. The topological polar surface area (TPSA) is 38.3 Å². The van der Waals surface area contributed by atoms with Crippen LogP contribution < -0.4 is 10.1 Å². The lowest BCUT2D eigenvalue weighted by Gasteiger charge is -2.06. The molecule has 4 rings (SSSR count). The molecule has 3 aromatic carbocycles. The highest BCUT2D eigenvalue weighted by Gasteiger charge is 2.24. The molecule has 0 saturated heterocycles. The molecule has 0 spiro atoms. The molecule has 1 aliphatic heterocycles. The van der Waals surface area contributed by atoms with Gasteiger partial charge in [-0.3, -0.25) is 4.79 Å². The number of carbonyl (C=O) groups is 1. The van der Waals surface area contributed by atoms with Crippen molar-refractivity contribution >= 4 is 34.8 Å². The number of rotatable bonds is 4. The smallest absolute Gasteiger partial charge is 0.256 e. The van der Waals surface area contributed by atoms with Gasteiger partial charge in [0.15, 0.2) is 0 Å². The minimum absolute atomic E-state index is 0.119. The number of carbonyl (C=O) groups excluding carboxylic acids is 1. The van der Waals surface area contributed by atoms with Crippen LogP contribution in [0.1, 0.15) is 16.7 Å². The second-order valence-corrected chi connectivity index (χ2v) is 6.48. The molecule has 0 atom stereocenters. The molecule has 1 N–H and O–H groups in total. The van der Waals surface area contributed by atoms with E-state index in [1.165, 1.54) is 0 Å². The average Bonchev–Trinajstić information content (AvgIpc) is 2.97. The highest BCUT2D eigenvalue weighted by Crippen LogP contribution is 2.35. The summed E-state index contributed by atoms with van der Waals surface area (Å²) in [7, 11) is 0. The van der Waals surface area contributed by atoms with Crippen LogP contribution in [0.3, 0.4) is 0 Å². The normalized spacial score (nSPS) is 14.2. The Morgan fingerprint density at radius 3 is 2.50 bits per heavy atom. The van der Waals surface area contributed by atoms with Crippen LogP contribution in [0.2, 0.25) is 5.02 Å². The van der Waals surface area contributed by atoms with Gasteiger partial charge in [0.1, 0.15) is 12.4 Å². The minimum atomic E-state index is -0.119. The van der Waals surface area contributed by atoms with E-state index < -0.39 is 0 Å². The first-order valence-electron chi connectivity index (χ1n) is 8.29. The molecule has 3 nitrogen and oxygen atoms in total. The molecular weight excluding hydrogens is 346 g/mol. The third-order valence-corrected chi connectivity index (χ3v) is 4.44. The molecule has 0 aromatic heterocycles. The van der Waals surface area contributed by atoms with Gasteiger partial charge in [-0.05, 0) is 47.5 Å². The Morgan fingerprint density at radius 2 is 1.73 bits per heavy atom. The average molecular weight is 362 g/mol. The summed E-state index contributed by atoms with van der Waals surface area (Å²) >= 11 is 6.06. The fraction of sp³-hybridized carbons (Fsp3) is 0.0455. The van der Waals surface area contributed by atoms with E-state index in [0.717, 1.165) is 28.1 Å². The molecule has 0 radical (unpaired) electrons. The van der Waals surface area contributed by atoms with Gasteiger partial charge >= 0.3 is 0 Å². The standard InChI is InChI=1S/C22H16ClNO2/c23-17-8-11-21-19(13-17)20(22(25)24-21)12-15-6-9-18(10-7-15)26-14-16-4-2-1-3-5-16/h1-13H,14H2,(H,24,25). The molecule has 1 amide bonds. The summed E-state index contributed by atoms with van der Waals surface area (Å²) in [4.78, 5) is 12.2. The van der Waals surface area contributed by atoms with Gasteiger partial charge in [0, 0.05) is 21.8 Å². The first kappa shape index (κ1) is 16.4. The Hall–Kier alpha value is -3.04. The zero-order chi connectivity index (χ0) is 17.9. The Balaban J connectivity index is 1.52. The summed E-state index contributed by atoms with van der Waals surface area (Å²) in [5.41, 5.74) is 4.27. The van der Waals surface area contributed by atoms with Crippen molar-refractivity contribution in [2.75, 3.05) is 5.32 Å². The van der Waals surface area contributed by atoms with E-state index in [2.05, 4.69) is 5.32 Å². The van der Waals surface area contributed by atoms with Crippen LogP contribution in [0.15, 0.2) is 72.8 Å². The Bertz CT molecular complexity index is 979. The van der Waals surface area contributed by atoms with Gasteiger partial charge in [0.2, 0.25) is 0 Å². The largest absolute Gasteiger partial charge is 0.489 e. The number of fused-ring (bicyclic) bond motifs is 1. The maximum atomic E-state index is 12.2. The molecule has 128 valence electrons. The molecule has 1 aliphatic rings. The minimum Gasteiger partial charge on any atom is -0.489 e. The molecule has 0 saturated carbocycles. The van der Waals surface area contributed by atoms with Crippen molar-refractivity contribution in [2.24, 2.45) is 0 Å². The van der Waals surface area contributed by atoms with Crippen molar-refractivity contribution in [3.8, 4) is 5.75 Å². The number of anilines is 1. The zero-order valence-electron chi connectivity index (χ0n) is 13.9. The molecule has 26 heavy (non-hydrogen) atoms. The van der Waals surface area contributed by atoms with Crippen LogP contribution in [0.5, 0.6) is 5.75 Å². The Morgan fingerprint density at radius 1 is 0.962 bits per heavy atom. The predicted molar refractivity (Wildman–Crippen MR) is 105 cm³/mol. The van der Waals surface area contributed by atoms with Gasteiger partial charge in [0.25, 0.3) is 5.91 Å². The maximum Gasteiger partial charge on any atom is 0.256 e. The van der Waals surface area contributed by atoms with E-state index in [-0.39, 0.29) is 5.91 Å². The summed E-state index contributed by atoms with van der Waals surface area (Å²) in [6.07, 6.45) is 1.86. The number of halogens is 1. The number of nitrogens with one attached hydrogen (secondary N) is 1. The SMILES string of the molecule is O=C1Nc2ccc(Cl)cc2C1=Cc1ccc(OCc2ccccc2)cc1. The lowest BCUT2D eigenvalue weighted by Crippen LogP contribution is -2.03. The number of ether oxygens (including phenoxy) is 1. The maximum absolute atomic E-state index is 12.2. The zero-order valence-corrected chi connectivity index (χ0v) is 14.7. The fourth-order valence-electron chi connectivity index (χ4n) is 2.87. The van der Waals surface area contributed by atoms with Gasteiger partial charge in [-0.15, -0.1) is 0 Å². The third kappa shape index (κ3) is 3.48. The summed E-state index contributed by atoms with van der Waals surface area (Å²) < 4.78 is 5.79. The van der Waals surface area contributed by atoms with Gasteiger partial charge in [-0.2, -0.15) is 0 Å². The van der Waals surface area contributed by atoms with Crippen LogP contribution in [0.4, 0.5) is 5.69 Å². The van der Waals surface area contributed by atoms with Crippen LogP contribution in [0, 0.1) is 0 Å². The lowest BCUT2D eigenvalue weighted by atomic mass is 10.0. The molecule has 0 bridgehead atoms. The second kappa shape index (κ2) is 7.06. The first-order chi connectivity index (χ1) is 12.7. The van der Waals surface area contributed by atoms with Crippen LogP contribution in [-0.2, 0) is 11.4 Å². The second-order valence-electron chi connectivity index (χ2n) is 6.05. The van der Waals surface area contributed by atoms with E-state index in [9.17, 15) is 4.79 Å². The summed E-state index contributed by atoms with van der Waals surface area (Å²) in [5.74, 6) is 0.669. The van der Waals surface area contributed by atoms with Gasteiger partial charge in [-0.25, -0.2) is 0 Å². The molecular formula is C22H16ClNO2. The molecule has 0 aliphatic carbocycles. The number of benzene rings is 3. The van der Waals surface area contributed by atoms with Crippen molar-refractivity contribution < 1.29 is 9.53 Å². The van der Waals surface area contributed by atoms with Crippen molar-refractivity contribution in [1.82, 2.24) is 0 Å². The van der Waals surface area contributed by atoms with Crippen LogP contribution in [0.25, 0.3) is 11.6 Å². The van der Waals surface area contributed by atoms with E-state index >= 15 is 0 Å². The molecule has 3 aromatic rings. The van der Waals surface area contributed by atoms with E-state index in [1.54, 1.807) is 12.1 Å². The number of amides is 1. The summed E-state index contributed by atoms with van der Waals surface area (Å²) in [6, 6.07) is 23.1. The molecule has 0 unspecified atom stereocenters. The lowest BCUT2D eigenvalue weighted by molar-refractivity contribution is -0.110. The Kier molecular flexibility index (Phi) is 4.46. The predicted octanol–water partition coefficient (Wildman–Crippen LogP) is 5.41. The summed E-state index contributed by atoms with van der Waals surface area (Å²) in [6.45, 7) is 0.523. The van der Waals surface area contributed by atoms with Crippen molar-refractivity contribution in [3.63, 3.8) is 0 Å². The highest BCUT2D eigenvalue weighted by atomic mass is 35.5. The van der Waals surface area contributed by atoms with E-state index in [4.69, 9.17) is 16.3 Å². The van der Waals surface area contributed by atoms with Crippen LogP contribution >= 0.6 is 11.6 Å². The van der Waals surface area contributed by atoms with Crippen molar-refractivity contribution in [3.05, 3.63) is 94.5 Å². The first-order valence-corrected chi connectivity index (χ1v) is 8.66. The Labute approximate surface area is 156 Å². The van der Waals surface area contributed by atoms with Crippen LogP contribution in [-0.4, -0.2) is 5.91 Å². The quantitative estimate of drug-likeness (QED) is 0.631. The fourth-order valence-corrected chi connectivity index (χ4v) is 3.04. The monoisotopic (exact) mass is 361 g/mol. The van der Waals surface area contributed by atoms with Gasteiger partial charge < -0.3 is 10.1 Å². The van der Waals surface area contributed by atoms with E-state index in [1.807, 2.05) is 66.7 Å². The van der Waals surface area contributed by atoms with Crippen molar-refractivity contribution in [1.29, 1.82) is 0 Å². The summed E-state index contributed by atoms with van der Waals surface area (Å²) in [5, 5.41) is 3.46.